The second-order valence-electron chi connectivity index (χ2n) is 6.36. The van der Waals surface area contributed by atoms with Crippen LogP contribution in [0.2, 0.25) is 0 Å². The number of aromatic nitrogens is 3. The van der Waals surface area contributed by atoms with Gasteiger partial charge in [0.05, 0.1) is 5.69 Å². The summed E-state index contributed by atoms with van der Waals surface area (Å²) in [5.74, 6) is 0. The van der Waals surface area contributed by atoms with Crippen LogP contribution in [-0.4, -0.2) is 14.1 Å². The van der Waals surface area contributed by atoms with Crippen LogP contribution in [0.1, 0.15) is 23.6 Å². The minimum atomic E-state index is -0.383. The Kier molecular flexibility index (Phi) is 4.20. The first-order valence-electron chi connectivity index (χ1n) is 8.27. The predicted octanol–water partition coefficient (Wildman–Crippen LogP) is 2.56. The first-order valence-corrected chi connectivity index (χ1v) is 8.27. The Labute approximate surface area is 145 Å². The van der Waals surface area contributed by atoms with E-state index in [2.05, 4.69) is 16.4 Å². The van der Waals surface area contributed by atoms with Crippen LogP contribution in [0.25, 0.3) is 11.0 Å². The molecule has 3 aromatic rings. The zero-order valence-electron chi connectivity index (χ0n) is 15.2. The molecule has 0 aliphatic heterocycles. The zero-order valence-corrected chi connectivity index (χ0v) is 15.2. The van der Waals surface area contributed by atoms with Crippen molar-refractivity contribution in [1.82, 2.24) is 14.1 Å². The van der Waals surface area contributed by atoms with Gasteiger partial charge in [0, 0.05) is 26.0 Å². The topological polar surface area (TPSA) is 68.9 Å². The number of hydrogen-bond donors (Lipinski definition) is 1. The summed E-state index contributed by atoms with van der Waals surface area (Å²) in [6, 6.07) is 6.12. The molecule has 0 saturated heterocycles. The van der Waals surface area contributed by atoms with E-state index in [9.17, 15) is 9.59 Å². The summed E-state index contributed by atoms with van der Waals surface area (Å²) in [6.45, 7) is 6.09. The van der Waals surface area contributed by atoms with Crippen LogP contribution < -0.4 is 16.6 Å². The van der Waals surface area contributed by atoms with Crippen molar-refractivity contribution in [2.24, 2.45) is 14.1 Å². The van der Waals surface area contributed by atoms with E-state index in [0.717, 1.165) is 33.5 Å². The van der Waals surface area contributed by atoms with Crippen molar-refractivity contribution in [2.75, 3.05) is 5.32 Å². The van der Waals surface area contributed by atoms with Crippen molar-refractivity contribution in [1.29, 1.82) is 0 Å². The lowest BCUT2D eigenvalue weighted by molar-refractivity contribution is 0.707. The van der Waals surface area contributed by atoms with E-state index in [1.165, 1.54) is 17.2 Å². The molecule has 3 rings (SSSR count). The quantitative estimate of drug-likeness (QED) is 0.797. The molecule has 6 nitrogen and oxygen atoms in total. The smallest absolute Gasteiger partial charge is 0.332 e. The summed E-state index contributed by atoms with van der Waals surface area (Å²) in [7, 11) is 3.12. The fourth-order valence-electron chi connectivity index (χ4n) is 3.07. The molecule has 0 fully saturated rings. The maximum absolute atomic E-state index is 12.8. The Bertz CT molecular complexity index is 1090. The zero-order chi connectivity index (χ0) is 18.3. The summed E-state index contributed by atoms with van der Waals surface area (Å²) in [5, 5.41) is 3.84. The molecule has 1 N–H and O–H groups in total. The standard InChI is InChI=1S/C19H22N4O2/c1-6-13-10-20-17-15(18(24)23(5)19(25)22(17)4)16(13)21-14-8-7-11(2)9-12(14)3/h7-10H,6H2,1-5H3,(H,20,21). The lowest BCUT2D eigenvalue weighted by Gasteiger charge is -2.17. The van der Waals surface area contributed by atoms with E-state index in [0.29, 0.717) is 11.0 Å². The molecule has 1 aromatic carbocycles. The maximum Gasteiger partial charge on any atom is 0.332 e. The maximum atomic E-state index is 12.8. The Balaban J connectivity index is 2.36. The van der Waals surface area contributed by atoms with Crippen LogP contribution >= 0.6 is 0 Å². The summed E-state index contributed by atoms with van der Waals surface area (Å²) >= 11 is 0. The van der Waals surface area contributed by atoms with Gasteiger partial charge in [-0.3, -0.25) is 13.9 Å². The Morgan fingerprint density at radius 3 is 2.48 bits per heavy atom. The summed E-state index contributed by atoms with van der Waals surface area (Å²) < 4.78 is 2.53. The summed E-state index contributed by atoms with van der Waals surface area (Å²) in [6.07, 6.45) is 2.45. The molecular formula is C19H22N4O2. The van der Waals surface area contributed by atoms with Gasteiger partial charge in [0.25, 0.3) is 5.56 Å². The van der Waals surface area contributed by atoms with Crippen LogP contribution in [-0.2, 0) is 20.5 Å². The molecule has 0 spiro atoms. The Hall–Kier alpha value is -2.89. The summed E-state index contributed by atoms with van der Waals surface area (Å²) in [4.78, 5) is 29.3. The number of hydrogen-bond acceptors (Lipinski definition) is 4. The van der Waals surface area contributed by atoms with Gasteiger partial charge in [0.15, 0.2) is 5.65 Å². The van der Waals surface area contributed by atoms with E-state index >= 15 is 0 Å². The molecule has 25 heavy (non-hydrogen) atoms. The molecule has 6 heteroatoms. The van der Waals surface area contributed by atoms with Gasteiger partial charge in [-0.25, -0.2) is 9.78 Å². The second-order valence-corrected chi connectivity index (χ2v) is 6.36. The normalized spacial score (nSPS) is 11.1. The van der Waals surface area contributed by atoms with Crippen LogP contribution in [0.3, 0.4) is 0 Å². The van der Waals surface area contributed by atoms with E-state index < -0.39 is 0 Å². The number of nitrogens with zero attached hydrogens (tertiary/aromatic N) is 3. The van der Waals surface area contributed by atoms with Crippen LogP contribution in [0.15, 0.2) is 34.0 Å². The lowest BCUT2D eigenvalue weighted by Crippen LogP contribution is -2.37. The third-order valence-electron chi connectivity index (χ3n) is 4.57. The second kappa shape index (κ2) is 6.20. The average molecular weight is 338 g/mol. The number of rotatable bonds is 3. The van der Waals surface area contributed by atoms with Gasteiger partial charge < -0.3 is 5.32 Å². The number of fused-ring (bicyclic) bond motifs is 1. The van der Waals surface area contributed by atoms with Gasteiger partial charge in [-0.05, 0) is 37.5 Å². The molecular weight excluding hydrogens is 316 g/mol. The molecule has 0 atom stereocenters. The van der Waals surface area contributed by atoms with Gasteiger partial charge in [0.2, 0.25) is 0 Å². The third-order valence-corrected chi connectivity index (χ3v) is 4.57. The van der Waals surface area contributed by atoms with Gasteiger partial charge in [-0.15, -0.1) is 0 Å². The lowest BCUT2D eigenvalue weighted by atomic mass is 10.1. The van der Waals surface area contributed by atoms with Gasteiger partial charge in [-0.2, -0.15) is 0 Å². The highest BCUT2D eigenvalue weighted by molar-refractivity contribution is 5.92. The molecule has 0 aliphatic carbocycles. The molecule has 0 amide bonds. The first-order chi connectivity index (χ1) is 11.8. The van der Waals surface area contributed by atoms with Crippen LogP contribution in [0, 0.1) is 13.8 Å². The molecule has 2 aromatic heterocycles. The minimum Gasteiger partial charge on any atom is -0.354 e. The molecule has 0 aliphatic rings. The molecule has 0 bridgehead atoms. The highest BCUT2D eigenvalue weighted by Crippen LogP contribution is 2.28. The molecule has 2 heterocycles. The van der Waals surface area contributed by atoms with E-state index in [4.69, 9.17) is 0 Å². The molecule has 130 valence electrons. The number of pyridine rings is 1. The Morgan fingerprint density at radius 2 is 1.84 bits per heavy atom. The van der Waals surface area contributed by atoms with Crippen molar-refractivity contribution < 1.29 is 0 Å². The fourth-order valence-corrected chi connectivity index (χ4v) is 3.07. The first kappa shape index (κ1) is 17.0. The molecule has 0 radical (unpaired) electrons. The highest BCUT2D eigenvalue weighted by Gasteiger charge is 2.17. The number of benzene rings is 1. The number of aryl methyl sites for hydroxylation is 4. The molecule has 0 saturated carbocycles. The van der Waals surface area contributed by atoms with Gasteiger partial charge in [0.1, 0.15) is 5.39 Å². The Morgan fingerprint density at radius 1 is 1.12 bits per heavy atom. The predicted molar refractivity (Wildman–Crippen MR) is 101 cm³/mol. The van der Waals surface area contributed by atoms with Crippen molar-refractivity contribution in [3.05, 3.63) is 61.9 Å². The van der Waals surface area contributed by atoms with Gasteiger partial charge >= 0.3 is 5.69 Å². The average Bonchev–Trinajstić information content (AvgIpc) is 2.59. The third kappa shape index (κ3) is 2.73. The largest absolute Gasteiger partial charge is 0.354 e. The van der Waals surface area contributed by atoms with E-state index in [1.54, 1.807) is 13.2 Å². The van der Waals surface area contributed by atoms with Crippen molar-refractivity contribution in [2.45, 2.75) is 27.2 Å². The van der Waals surface area contributed by atoms with Crippen LogP contribution in [0.4, 0.5) is 11.4 Å². The van der Waals surface area contributed by atoms with Crippen molar-refractivity contribution in [3.63, 3.8) is 0 Å². The highest BCUT2D eigenvalue weighted by atomic mass is 16.2. The van der Waals surface area contributed by atoms with E-state index in [-0.39, 0.29) is 11.2 Å². The minimum absolute atomic E-state index is 0.340. The molecule has 0 unspecified atom stereocenters. The summed E-state index contributed by atoms with van der Waals surface area (Å²) in [5.41, 5.74) is 4.52. The fraction of sp³-hybridized carbons (Fsp3) is 0.316. The van der Waals surface area contributed by atoms with Crippen LogP contribution in [0.5, 0.6) is 0 Å². The van der Waals surface area contributed by atoms with Crippen molar-refractivity contribution >= 4 is 22.4 Å². The van der Waals surface area contributed by atoms with Gasteiger partial charge in [-0.1, -0.05) is 24.6 Å². The SMILES string of the molecule is CCc1cnc2c(c1Nc1ccc(C)cc1C)c(=O)n(C)c(=O)n2C. The van der Waals surface area contributed by atoms with Crippen molar-refractivity contribution in [3.8, 4) is 0 Å². The number of anilines is 2. The monoisotopic (exact) mass is 338 g/mol. The van der Waals surface area contributed by atoms with E-state index in [1.807, 2.05) is 32.9 Å². The number of nitrogens with one attached hydrogen (secondary N) is 1.